The van der Waals surface area contributed by atoms with E-state index in [1.54, 1.807) is 12.4 Å². The van der Waals surface area contributed by atoms with Gasteiger partial charge in [-0.1, -0.05) is 37.5 Å². The molecule has 2 aliphatic rings. The lowest BCUT2D eigenvalue weighted by Crippen LogP contribution is -2.44. The summed E-state index contributed by atoms with van der Waals surface area (Å²) in [6.45, 7) is 1.78. The minimum atomic E-state index is 0.146. The molecule has 0 spiro atoms. The van der Waals surface area contributed by atoms with Gasteiger partial charge in [-0.05, 0) is 48.9 Å². The Hall–Kier alpha value is -2.75. The molecule has 4 nitrogen and oxygen atoms in total. The van der Waals surface area contributed by atoms with Crippen LogP contribution in [0.1, 0.15) is 42.5 Å². The largest absolute Gasteiger partial charge is 0.338 e. The van der Waals surface area contributed by atoms with Crippen LogP contribution in [0.15, 0.2) is 54.9 Å². The number of likely N-dealkylation sites (tertiary alicyclic amines) is 1. The standard InChI is InChI=1S/C24H25N3O/c28-24(27-13-11-17-6-1-2-7-19(17)16-27)21-14-23(18-8-5-12-25-15-18)26-22-10-4-3-9-20(21)22/h3-5,8-10,12,14-15,17,19H,1-2,6-7,11,13,16H2. The van der Waals surface area contributed by atoms with E-state index in [1.807, 2.05) is 42.5 Å². The Kier molecular flexibility index (Phi) is 4.55. The molecule has 2 unspecified atom stereocenters. The first-order valence-corrected chi connectivity index (χ1v) is 10.4. The van der Waals surface area contributed by atoms with Crippen LogP contribution in [0.5, 0.6) is 0 Å². The number of amides is 1. The van der Waals surface area contributed by atoms with Crippen molar-refractivity contribution in [3.8, 4) is 11.3 Å². The molecule has 4 heteroatoms. The Morgan fingerprint density at radius 1 is 1.00 bits per heavy atom. The number of carbonyl (C=O) groups is 1. The number of aromatic nitrogens is 2. The maximum absolute atomic E-state index is 13.6. The van der Waals surface area contributed by atoms with Crippen molar-refractivity contribution in [2.24, 2.45) is 11.8 Å². The van der Waals surface area contributed by atoms with Crippen molar-refractivity contribution in [1.29, 1.82) is 0 Å². The summed E-state index contributed by atoms with van der Waals surface area (Å²) in [5, 5.41) is 0.936. The molecule has 1 saturated heterocycles. The van der Waals surface area contributed by atoms with Gasteiger partial charge in [0.15, 0.2) is 0 Å². The molecule has 5 rings (SSSR count). The molecule has 1 saturated carbocycles. The number of para-hydroxylation sites is 1. The van der Waals surface area contributed by atoms with E-state index in [0.717, 1.165) is 53.2 Å². The fourth-order valence-electron chi connectivity index (χ4n) is 4.97. The van der Waals surface area contributed by atoms with Crippen LogP contribution >= 0.6 is 0 Å². The zero-order chi connectivity index (χ0) is 18.9. The summed E-state index contributed by atoms with van der Waals surface area (Å²) < 4.78 is 0. The summed E-state index contributed by atoms with van der Waals surface area (Å²) in [6, 6.07) is 13.8. The van der Waals surface area contributed by atoms with Crippen LogP contribution in [0.3, 0.4) is 0 Å². The van der Waals surface area contributed by atoms with Gasteiger partial charge >= 0.3 is 0 Å². The lowest BCUT2D eigenvalue weighted by molar-refractivity contribution is 0.0522. The van der Waals surface area contributed by atoms with E-state index in [9.17, 15) is 4.79 Å². The van der Waals surface area contributed by atoms with Crippen LogP contribution in [0.2, 0.25) is 0 Å². The zero-order valence-electron chi connectivity index (χ0n) is 16.1. The number of piperidine rings is 1. The predicted octanol–water partition coefficient (Wildman–Crippen LogP) is 4.95. The monoisotopic (exact) mass is 371 g/mol. The highest BCUT2D eigenvalue weighted by atomic mass is 16.2. The Labute approximate surface area is 165 Å². The SMILES string of the molecule is O=C(c1cc(-c2cccnc2)nc2ccccc12)N1CCC2CCCCC2C1. The highest BCUT2D eigenvalue weighted by Crippen LogP contribution is 2.37. The molecule has 0 N–H and O–H groups in total. The first-order valence-electron chi connectivity index (χ1n) is 10.4. The molecule has 2 atom stereocenters. The number of fused-ring (bicyclic) bond motifs is 2. The van der Waals surface area contributed by atoms with E-state index in [2.05, 4.69) is 9.88 Å². The highest BCUT2D eigenvalue weighted by Gasteiger charge is 2.33. The molecule has 0 radical (unpaired) electrons. The average Bonchev–Trinajstić information content (AvgIpc) is 2.78. The number of pyridine rings is 2. The van der Waals surface area contributed by atoms with Gasteiger partial charge in [-0.2, -0.15) is 0 Å². The van der Waals surface area contributed by atoms with E-state index in [-0.39, 0.29) is 5.91 Å². The van der Waals surface area contributed by atoms with Gasteiger partial charge in [0.05, 0.1) is 16.8 Å². The van der Waals surface area contributed by atoms with E-state index in [4.69, 9.17) is 4.98 Å². The van der Waals surface area contributed by atoms with Gasteiger partial charge in [0.25, 0.3) is 5.91 Å². The Bertz CT molecular complexity index is 1000. The van der Waals surface area contributed by atoms with Crippen molar-refractivity contribution >= 4 is 16.8 Å². The molecule has 1 aliphatic carbocycles. The second-order valence-corrected chi connectivity index (χ2v) is 8.16. The smallest absolute Gasteiger partial charge is 0.254 e. The van der Waals surface area contributed by atoms with E-state index in [0.29, 0.717) is 5.92 Å². The van der Waals surface area contributed by atoms with Crippen LogP contribution in [-0.2, 0) is 0 Å². The quantitative estimate of drug-likeness (QED) is 0.640. The third-order valence-corrected chi connectivity index (χ3v) is 6.48. The number of benzene rings is 1. The molecule has 2 aromatic heterocycles. The second kappa shape index (κ2) is 7.34. The van der Waals surface area contributed by atoms with Crippen LogP contribution in [0.25, 0.3) is 22.2 Å². The summed E-state index contributed by atoms with van der Waals surface area (Å²) >= 11 is 0. The summed E-state index contributed by atoms with van der Waals surface area (Å²) in [4.78, 5) is 24.6. The third kappa shape index (κ3) is 3.17. The number of hydrogen-bond acceptors (Lipinski definition) is 3. The minimum Gasteiger partial charge on any atom is -0.338 e. The average molecular weight is 371 g/mol. The Morgan fingerprint density at radius 3 is 2.71 bits per heavy atom. The fraction of sp³-hybridized carbons (Fsp3) is 0.375. The first-order chi connectivity index (χ1) is 13.8. The zero-order valence-corrected chi connectivity index (χ0v) is 16.1. The lowest BCUT2D eigenvalue weighted by Gasteiger charge is -2.41. The van der Waals surface area contributed by atoms with Crippen LogP contribution in [0.4, 0.5) is 0 Å². The number of hydrogen-bond donors (Lipinski definition) is 0. The molecule has 2 fully saturated rings. The van der Waals surface area contributed by atoms with Gasteiger partial charge in [0, 0.05) is 36.4 Å². The van der Waals surface area contributed by atoms with Crippen molar-refractivity contribution < 1.29 is 4.79 Å². The summed E-state index contributed by atoms with van der Waals surface area (Å²) in [5.41, 5.74) is 3.37. The highest BCUT2D eigenvalue weighted by molar-refractivity contribution is 6.07. The Balaban J connectivity index is 1.53. The number of carbonyl (C=O) groups excluding carboxylic acids is 1. The molecular weight excluding hydrogens is 346 g/mol. The topological polar surface area (TPSA) is 46.1 Å². The van der Waals surface area contributed by atoms with Gasteiger partial charge in [0.1, 0.15) is 0 Å². The molecule has 142 valence electrons. The molecule has 3 heterocycles. The normalized spacial score (nSPS) is 22.1. The lowest BCUT2D eigenvalue weighted by atomic mass is 9.75. The van der Waals surface area contributed by atoms with Gasteiger partial charge in [-0.25, -0.2) is 4.98 Å². The Morgan fingerprint density at radius 2 is 1.86 bits per heavy atom. The van der Waals surface area contributed by atoms with Crippen molar-refractivity contribution in [3.05, 3.63) is 60.4 Å². The molecule has 0 bridgehead atoms. The van der Waals surface area contributed by atoms with Crippen LogP contribution in [0, 0.1) is 11.8 Å². The first kappa shape index (κ1) is 17.4. The predicted molar refractivity (Wildman–Crippen MR) is 111 cm³/mol. The summed E-state index contributed by atoms with van der Waals surface area (Å²) in [5.74, 6) is 1.64. The van der Waals surface area contributed by atoms with Gasteiger partial charge < -0.3 is 4.90 Å². The molecule has 1 amide bonds. The molecular formula is C24H25N3O. The minimum absolute atomic E-state index is 0.146. The van der Waals surface area contributed by atoms with Gasteiger partial charge in [0.2, 0.25) is 0 Å². The van der Waals surface area contributed by atoms with Crippen LogP contribution < -0.4 is 0 Å². The fourth-order valence-corrected chi connectivity index (χ4v) is 4.97. The third-order valence-electron chi connectivity index (χ3n) is 6.48. The van der Waals surface area contributed by atoms with Crippen molar-refractivity contribution in [2.75, 3.05) is 13.1 Å². The maximum atomic E-state index is 13.6. The summed E-state index contributed by atoms with van der Waals surface area (Å²) in [7, 11) is 0. The van der Waals surface area contributed by atoms with Crippen molar-refractivity contribution in [1.82, 2.24) is 14.9 Å². The van der Waals surface area contributed by atoms with E-state index >= 15 is 0 Å². The molecule has 1 aliphatic heterocycles. The van der Waals surface area contributed by atoms with Crippen molar-refractivity contribution in [2.45, 2.75) is 32.1 Å². The van der Waals surface area contributed by atoms with Gasteiger partial charge in [-0.3, -0.25) is 9.78 Å². The number of rotatable bonds is 2. The van der Waals surface area contributed by atoms with Gasteiger partial charge in [-0.15, -0.1) is 0 Å². The second-order valence-electron chi connectivity index (χ2n) is 8.16. The van der Waals surface area contributed by atoms with E-state index in [1.165, 1.54) is 25.7 Å². The molecule has 28 heavy (non-hydrogen) atoms. The van der Waals surface area contributed by atoms with Crippen molar-refractivity contribution in [3.63, 3.8) is 0 Å². The maximum Gasteiger partial charge on any atom is 0.254 e. The molecule has 3 aromatic rings. The van der Waals surface area contributed by atoms with Crippen LogP contribution in [-0.4, -0.2) is 33.9 Å². The van der Waals surface area contributed by atoms with E-state index < -0.39 is 0 Å². The number of nitrogens with zero attached hydrogens (tertiary/aromatic N) is 3. The summed E-state index contributed by atoms with van der Waals surface area (Å²) in [6.07, 6.45) is 9.99. The molecule has 1 aromatic carbocycles.